The first kappa shape index (κ1) is 14.6. The van der Waals surface area contributed by atoms with E-state index in [0.29, 0.717) is 12.3 Å². The molecule has 0 radical (unpaired) electrons. The lowest BCUT2D eigenvalue weighted by Crippen LogP contribution is -2.31. The van der Waals surface area contributed by atoms with Gasteiger partial charge in [-0.1, -0.05) is 11.6 Å². The maximum absolute atomic E-state index is 12.4. The Kier molecular flexibility index (Phi) is 3.75. The highest BCUT2D eigenvalue weighted by molar-refractivity contribution is 6.33. The molecule has 1 aromatic heterocycles. The van der Waals surface area contributed by atoms with Crippen LogP contribution in [0.25, 0.3) is 0 Å². The molecule has 0 saturated heterocycles. The average molecular weight is 292 g/mol. The van der Waals surface area contributed by atoms with Crippen molar-refractivity contribution in [1.29, 1.82) is 0 Å². The number of amidine groups is 1. The lowest BCUT2D eigenvalue weighted by atomic mass is 10.2. The van der Waals surface area contributed by atoms with Gasteiger partial charge < -0.3 is 5.73 Å². The summed E-state index contributed by atoms with van der Waals surface area (Å²) in [5, 5.41) is -1.04. The summed E-state index contributed by atoms with van der Waals surface area (Å²) in [4.78, 5) is 5.94. The number of rotatable bonds is 1. The largest absolute Gasteiger partial charge is 0.449 e. The molecule has 0 amide bonds. The molecule has 0 fully saturated rings. The Hall–Kier alpha value is -1.51. The number of pyridine rings is 1. The van der Waals surface area contributed by atoms with Crippen molar-refractivity contribution < 1.29 is 26.3 Å². The number of alkyl halides is 6. The van der Waals surface area contributed by atoms with E-state index < -0.39 is 34.6 Å². The van der Waals surface area contributed by atoms with E-state index in [1.165, 1.54) is 0 Å². The molecule has 3 nitrogen and oxygen atoms in total. The predicted molar refractivity (Wildman–Crippen MR) is 51.6 cm³/mol. The summed E-state index contributed by atoms with van der Waals surface area (Å²) in [5.41, 5.74) is 3.22. The van der Waals surface area contributed by atoms with Crippen molar-refractivity contribution in [1.82, 2.24) is 4.98 Å². The minimum atomic E-state index is -4.97. The van der Waals surface area contributed by atoms with Crippen LogP contribution in [0.5, 0.6) is 0 Å². The van der Waals surface area contributed by atoms with Crippen LogP contribution in [0.3, 0.4) is 0 Å². The monoisotopic (exact) mass is 291 g/mol. The number of nitrogens with zero attached hydrogens (tertiary/aromatic N) is 2. The third-order valence-corrected chi connectivity index (χ3v) is 2.07. The maximum Gasteiger partial charge on any atom is 0.449 e. The molecule has 1 heterocycles. The van der Waals surface area contributed by atoms with Crippen molar-refractivity contribution in [2.75, 3.05) is 0 Å². The van der Waals surface area contributed by atoms with E-state index in [4.69, 9.17) is 11.6 Å². The molecule has 10 heteroatoms. The van der Waals surface area contributed by atoms with Crippen LogP contribution >= 0.6 is 11.6 Å². The summed E-state index contributed by atoms with van der Waals surface area (Å²) in [6, 6.07) is 0.519. The molecule has 0 aliphatic heterocycles. The Bertz CT molecular complexity index is 479. The Balaban J connectivity index is 3.30. The summed E-state index contributed by atoms with van der Waals surface area (Å²) < 4.78 is 73.3. The van der Waals surface area contributed by atoms with Gasteiger partial charge in [0, 0.05) is 6.20 Å². The second kappa shape index (κ2) is 4.63. The normalized spacial score (nSPS) is 13.8. The SMILES string of the molecule is NC(=Nc1nccc(C(F)(F)F)c1Cl)C(F)(F)F. The zero-order chi connectivity index (χ0) is 14.1. The molecule has 0 aromatic carbocycles. The van der Waals surface area contributed by atoms with Gasteiger partial charge >= 0.3 is 12.4 Å². The predicted octanol–water partition coefficient (Wildman–Crippen LogP) is 3.30. The lowest BCUT2D eigenvalue weighted by Gasteiger charge is -2.10. The molecule has 0 bridgehead atoms. The number of hydrogen-bond donors (Lipinski definition) is 1. The van der Waals surface area contributed by atoms with Gasteiger partial charge in [0.1, 0.15) is 0 Å². The first-order valence-electron chi connectivity index (χ1n) is 4.16. The smallest absolute Gasteiger partial charge is 0.380 e. The molecule has 0 unspecified atom stereocenters. The van der Waals surface area contributed by atoms with Gasteiger partial charge in [-0.3, -0.25) is 0 Å². The molecule has 1 rings (SSSR count). The van der Waals surface area contributed by atoms with Crippen LogP contribution in [-0.2, 0) is 6.18 Å². The Morgan fingerprint density at radius 3 is 2.22 bits per heavy atom. The highest BCUT2D eigenvalue weighted by atomic mass is 35.5. The molecule has 100 valence electrons. The Labute approximate surface area is 101 Å². The molecule has 0 spiro atoms. The molecular weight excluding hydrogens is 288 g/mol. The van der Waals surface area contributed by atoms with E-state index in [1.54, 1.807) is 0 Å². The zero-order valence-corrected chi connectivity index (χ0v) is 9.03. The minimum Gasteiger partial charge on any atom is -0.380 e. The van der Waals surface area contributed by atoms with Gasteiger partial charge in [-0.05, 0) is 6.07 Å². The molecule has 0 aliphatic rings. The van der Waals surface area contributed by atoms with Crippen molar-refractivity contribution in [3.63, 3.8) is 0 Å². The zero-order valence-electron chi connectivity index (χ0n) is 8.27. The summed E-state index contributed by atoms with van der Waals surface area (Å²) in [6.07, 6.45) is -9.16. The van der Waals surface area contributed by atoms with Crippen LogP contribution in [0.2, 0.25) is 5.02 Å². The van der Waals surface area contributed by atoms with E-state index in [-0.39, 0.29) is 0 Å². The number of aromatic nitrogens is 1. The summed E-state index contributed by atoms with van der Waals surface area (Å²) in [6.45, 7) is 0. The summed E-state index contributed by atoms with van der Waals surface area (Å²) in [7, 11) is 0. The fourth-order valence-electron chi connectivity index (χ4n) is 0.907. The van der Waals surface area contributed by atoms with Crippen molar-refractivity contribution in [3.05, 3.63) is 22.8 Å². The minimum absolute atomic E-state index is 0.519. The quantitative estimate of drug-likeness (QED) is 0.490. The van der Waals surface area contributed by atoms with Crippen LogP contribution in [0.15, 0.2) is 17.3 Å². The van der Waals surface area contributed by atoms with E-state index in [2.05, 4.69) is 15.7 Å². The van der Waals surface area contributed by atoms with Gasteiger partial charge in [0.05, 0.1) is 10.6 Å². The first-order valence-corrected chi connectivity index (χ1v) is 4.54. The van der Waals surface area contributed by atoms with Crippen LogP contribution in [-0.4, -0.2) is 17.0 Å². The number of hydrogen-bond acceptors (Lipinski definition) is 2. The molecule has 0 atom stereocenters. The number of halogens is 7. The fraction of sp³-hybridized carbons (Fsp3) is 0.250. The van der Waals surface area contributed by atoms with Gasteiger partial charge in [0.15, 0.2) is 5.82 Å². The summed E-state index contributed by atoms with van der Waals surface area (Å²) in [5.74, 6) is -2.78. The van der Waals surface area contributed by atoms with Crippen LogP contribution in [0.1, 0.15) is 5.56 Å². The Morgan fingerprint density at radius 1 is 1.22 bits per heavy atom. The molecule has 1 aromatic rings. The molecule has 2 N–H and O–H groups in total. The molecular formula is C8H4ClF6N3. The third kappa shape index (κ3) is 3.25. The van der Waals surface area contributed by atoms with Gasteiger partial charge in [-0.15, -0.1) is 0 Å². The Morgan fingerprint density at radius 2 is 1.78 bits per heavy atom. The average Bonchev–Trinajstić information content (AvgIpc) is 2.17. The van der Waals surface area contributed by atoms with Gasteiger partial charge in [-0.2, -0.15) is 26.3 Å². The van der Waals surface area contributed by atoms with E-state index >= 15 is 0 Å². The molecule has 18 heavy (non-hydrogen) atoms. The van der Waals surface area contributed by atoms with Crippen molar-refractivity contribution in [2.24, 2.45) is 10.7 Å². The van der Waals surface area contributed by atoms with E-state index in [9.17, 15) is 26.3 Å². The van der Waals surface area contributed by atoms with E-state index in [1.807, 2.05) is 0 Å². The summed E-state index contributed by atoms with van der Waals surface area (Å²) >= 11 is 5.28. The second-order valence-corrected chi connectivity index (χ2v) is 3.37. The van der Waals surface area contributed by atoms with Crippen LogP contribution < -0.4 is 5.73 Å². The standard InChI is InChI=1S/C8H4ClF6N3/c9-4-3(7(10,11)12)1-2-17-5(4)18-6(16)8(13,14)15/h1-2H,(H2,16,17,18). The van der Waals surface area contributed by atoms with Crippen LogP contribution in [0, 0.1) is 0 Å². The van der Waals surface area contributed by atoms with Crippen molar-refractivity contribution >= 4 is 23.3 Å². The maximum atomic E-state index is 12.4. The van der Waals surface area contributed by atoms with Crippen molar-refractivity contribution in [2.45, 2.75) is 12.4 Å². The molecule has 0 aliphatic carbocycles. The highest BCUT2D eigenvalue weighted by Crippen LogP contribution is 2.38. The highest BCUT2D eigenvalue weighted by Gasteiger charge is 2.36. The third-order valence-electron chi connectivity index (χ3n) is 1.69. The fourth-order valence-corrected chi connectivity index (χ4v) is 1.17. The van der Waals surface area contributed by atoms with Crippen LogP contribution in [0.4, 0.5) is 32.2 Å². The number of nitrogens with two attached hydrogens (primary N) is 1. The van der Waals surface area contributed by atoms with E-state index in [0.717, 1.165) is 0 Å². The molecule has 0 saturated carbocycles. The second-order valence-electron chi connectivity index (χ2n) is 2.99. The topological polar surface area (TPSA) is 51.3 Å². The van der Waals surface area contributed by atoms with Crippen molar-refractivity contribution in [3.8, 4) is 0 Å². The first-order chi connectivity index (χ1) is 8.03. The van der Waals surface area contributed by atoms with Gasteiger partial charge in [-0.25, -0.2) is 9.98 Å². The lowest BCUT2D eigenvalue weighted by molar-refractivity contribution is -0.137. The number of aliphatic imine (C=N–C) groups is 1. The van der Waals surface area contributed by atoms with Gasteiger partial charge in [0.2, 0.25) is 5.84 Å². The van der Waals surface area contributed by atoms with Gasteiger partial charge in [0.25, 0.3) is 0 Å².